The van der Waals surface area contributed by atoms with E-state index in [0.717, 1.165) is 38.5 Å². The van der Waals surface area contributed by atoms with E-state index in [9.17, 15) is 0 Å². The topological polar surface area (TPSA) is 42.3 Å². The number of hydrogen-bond acceptors (Lipinski definition) is 5. The molecule has 0 bridgehead atoms. The van der Waals surface area contributed by atoms with Gasteiger partial charge >= 0.3 is 0 Å². The van der Waals surface area contributed by atoms with Crippen molar-refractivity contribution >= 4 is 17.6 Å². The predicted octanol–water partition coefficient (Wildman–Crippen LogP) is 1.41. The van der Waals surface area contributed by atoms with Gasteiger partial charge in [-0.2, -0.15) is 16.9 Å². The van der Waals surface area contributed by atoms with Crippen molar-refractivity contribution in [3.63, 3.8) is 0 Å². The number of aryl methyl sites for hydroxylation is 2. The second-order valence-corrected chi connectivity index (χ2v) is 6.36. The Morgan fingerprint density at radius 2 is 2.20 bits per heavy atom. The van der Waals surface area contributed by atoms with Crippen molar-refractivity contribution in [3.05, 3.63) is 11.3 Å². The van der Waals surface area contributed by atoms with Crippen LogP contribution in [0.4, 0.5) is 5.82 Å². The quantitative estimate of drug-likeness (QED) is 0.804. The molecule has 6 heteroatoms. The summed E-state index contributed by atoms with van der Waals surface area (Å²) in [5.74, 6) is 3.77. The third kappa shape index (κ3) is 3.90. The zero-order chi connectivity index (χ0) is 14.4. The summed E-state index contributed by atoms with van der Waals surface area (Å²) < 4.78 is 7.12. The first kappa shape index (κ1) is 15.7. The van der Waals surface area contributed by atoms with E-state index >= 15 is 0 Å². The average Bonchev–Trinajstić information content (AvgIpc) is 2.63. The Kier molecular flexibility index (Phi) is 6.19. The number of nitrogens with zero attached hydrogens (tertiary/aromatic N) is 3. The summed E-state index contributed by atoms with van der Waals surface area (Å²) >= 11 is 2.05. The van der Waals surface area contributed by atoms with Crippen LogP contribution in [-0.4, -0.2) is 54.6 Å². The van der Waals surface area contributed by atoms with E-state index in [-0.39, 0.29) is 0 Å². The number of rotatable bonds is 6. The summed E-state index contributed by atoms with van der Waals surface area (Å²) in [6, 6.07) is 0. The van der Waals surface area contributed by atoms with Gasteiger partial charge in [-0.3, -0.25) is 4.68 Å². The maximum atomic E-state index is 5.08. The molecule has 0 spiro atoms. The van der Waals surface area contributed by atoms with Gasteiger partial charge in [0.1, 0.15) is 5.82 Å². The molecule has 1 fully saturated rings. The highest BCUT2D eigenvalue weighted by Crippen LogP contribution is 2.25. The van der Waals surface area contributed by atoms with E-state index in [1.807, 2.05) is 4.68 Å². The molecule has 1 N–H and O–H groups in total. The van der Waals surface area contributed by atoms with E-state index in [2.05, 4.69) is 41.0 Å². The van der Waals surface area contributed by atoms with Gasteiger partial charge in [0, 0.05) is 51.7 Å². The third-order valence-electron chi connectivity index (χ3n) is 3.62. The van der Waals surface area contributed by atoms with Crippen LogP contribution < -0.4 is 10.2 Å². The van der Waals surface area contributed by atoms with E-state index in [1.54, 1.807) is 7.11 Å². The van der Waals surface area contributed by atoms with Crippen molar-refractivity contribution < 1.29 is 4.74 Å². The van der Waals surface area contributed by atoms with E-state index < -0.39 is 0 Å². The Bertz CT molecular complexity index is 414. The van der Waals surface area contributed by atoms with Crippen LogP contribution in [-0.2, 0) is 18.3 Å². The minimum absolute atomic E-state index is 0.745. The lowest BCUT2D eigenvalue weighted by atomic mass is 10.2. The Balaban J connectivity index is 2.09. The summed E-state index contributed by atoms with van der Waals surface area (Å²) in [5, 5.41) is 8.05. The molecule has 2 heterocycles. The fourth-order valence-electron chi connectivity index (χ4n) is 2.64. The fraction of sp³-hybridized carbons (Fsp3) is 0.786. The molecule has 0 saturated carbocycles. The van der Waals surface area contributed by atoms with Crippen LogP contribution in [0.1, 0.15) is 17.7 Å². The first-order chi connectivity index (χ1) is 9.74. The van der Waals surface area contributed by atoms with Gasteiger partial charge in [-0.1, -0.05) is 0 Å². The molecular weight excluding hydrogens is 272 g/mol. The molecule has 114 valence electrons. The van der Waals surface area contributed by atoms with Gasteiger partial charge in [0.25, 0.3) is 0 Å². The maximum absolute atomic E-state index is 5.08. The molecule has 1 saturated heterocycles. The first-order valence-corrected chi connectivity index (χ1v) is 8.44. The van der Waals surface area contributed by atoms with E-state index in [1.165, 1.54) is 29.3 Å². The smallest absolute Gasteiger partial charge is 0.131 e. The Labute approximate surface area is 126 Å². The molecule has 0 unspecified atom stereocenters. The van der Waals surface area contributed by atoms with Crippen LogP contribution in [0.2, 0.25) is 0 Å². The van der Waals surface area contributed by atoms with Crippen molar-refractivity contribution in [1.82, 2.24) is 15.1 Å². The summed E-state index contributed by atoms with van der Waals surface area (Å²) in [4.78, 5) is 2.49. The summed E-state index contributed by atoms with van der Waals surface area (Å²) in [6.07, 6.45) is 1.26. The summed E-state index contributed by atoms with van der Waals surface area (Å²) in [7, 11) is 3.79. The highest BCUT2D eigenvalue weighted by molar-refractivity contribution is 7.99. The van der Waals surface area contributed by atoms with Crippen LogP contribution in [0, 0.1) is 6.92 Å². The Morgan fingerprint density at radius 1 is 1.35 bits per heavy atom. The SMILES string of the molecule is COCCNCc1c(C)nn(C)c1N1CCCSCC1. The van der Waals surface area contributed by atoms with E-state index in [4.69, 9.17) is 4.74 Å². The Hall–Kier alpha value is -0.720. The number of hydrogen-bond donors (Lipinski definition) is 1. The zero-order valence-corrected chi connectivity index (χ0v) is 13.6. The lowest BCUT2D eigenvalue weighted by Gasteiger charge is -2.24. The summed E-state index contributed by atoms with van der Waals surface area (Å²) in [5.41, 5.74) is 2.46. The van der Waals surface area contributed by atoms with Crippen molar-refractivity contribution in [1.29, 1.82) is 0 Å². The van der Waals surface area contributed by atoms with Gasteiger partial charge in [-0.05, 0) is 19.1 Å². The largest absolute Gasteiger partial charge is 0.383 e. The van der Waals surface area contributed by atoms with Gasteiger partial charge in [0.2, 0.25) is 0 Å². The van der Waals surface area contributed by atoms with Crippen LogP contribution in [0.25, 0.3) is 0 Å². The number of ether oxygens (including phenoxy) is 1. The lowest BCUT2D eigenvalue weighted by Crippen LogP contribution is -2.29. The molecule has 0 aliphatic carbocycles. The predicted molar refractivity (Wildman–Crippen MR) is 85.7 cm³/mol. The molecule has 1 aromatic heterocycles. The molecule has 1 aliphatic heterocycles. The monoisotopic (exact) mass is 298 g/mol. The lowest BCUT2D eigenvalue weighted by molar-refractivity contribution is 0.199. The first-order valence-electron chi connectivity index (χ1n) is 7.29. The second-order valence-electron chi connectivity index (χ2n) is 5.13. The van der Waals surface area contributed by atoms with Gasteiger partial charge in [-0.15, -0.1) is 0 Å². The van der Waals surface area contributed by atoms with Crippen LogP contribution >= 0.6 is 11.8 Å². The van der Waals surface area contributed by atoms with Crippen LogP contribution in [0.3, 0.4) is 0 Å². The minimum atomic E-state index is 0.745. The molecule has 0 atom stereocenters. The van der Waals surface area contributed by atoms with Crippen molar-refractivity contribution in [2.24, 2.45) is 7.05 Å². The van der Waals surface area contributed by atoms with Gasteiger partial charge < -0.3 is 15.0 Å². The molecule has 1 aliphatic rings. The molecule has 0 aromatic carbocycles. The third-order valence-corrected chi connectivity index (χ3v) is 4.67. The van der Waals surface area contributed by atoms with Crippen molar-refractivity contribution in [3.8, 4) is 0 Å². The van der Waals surface area contributed by atoms with Gasteiger partial charge in [0.05, 0.1) is 12.3 Å². The molecule has 5 nitrogen and oxygen atoms in total. The van der Waals surface area contributed by atoms with Crippen LogP contribution in [0.15, 0.2) is 0 Å². The number of aromatic nitrogens is 2. The Morgan fingerprint density at radius 3 is 3.00 bits per heavy atom. The molecule has 2 rings (SSSR count). The van der Waals surface area contributed by atoms with Gasteiger partial charge in [-0.25, -0.2) is 0 Å². The minimum Gasteiger partial charge on any atom is -0.383 e. The van der Waals surface area contributed by atoms with Crippen molar-refractivity contribution in [2.75, 3.05) is 49.8 Å². The normalized spacial score (nSPS) is 16.4. The molecule has 0 amide bonds. The highest BCUT2D eigenvalue weighted by atomic mass is 32.2. The molecule has 20 heavy (non-hydrogen) atoms. The molecular formula is C14H26N4OS. The standard InChI is InChI=1S/C14H26N4OS/c1-12-13(11-15-5-8-19-3)14(17(2)16-12)18-6-4-9-20-10-7-18/h15H,4-11H2,1-3H3. The molecule has 1 aromatic rings. The number of methoxy groups -OCH3 is 1. The fourth-order valence-corrected chi connectivity index (χ4v) is 3.52. The zero-order valence-electron chi connectivity index (χ0n) is 12.8. The molecule has 0 radical (unpaired) electrons. The van der Waals surface area contributed by atoms with Gasteiger partial charge in [0.15, 0.2) is 0 Å². The number of nitrogens with one attached hydrogen (secondary N) is 1. The maximum Gasteiger partial charge on any atom is 0.131 e. The highest BCUT2D eigenvalue weighted by Gasteiger charge is 2.20. The average molecular weight is 298 g/mol. The number of thioether (sulfide) groups is 1. The number of anilines is 1. The summed E-state index contributed by atoms with van der Waals surface area (Å²) in [6.45, 7) is 6.84. The van der Waals surface area contributed by atoms with Crippen molar-refractivity contribution in [2.45, 2.75) is 19.9 Å². The van der Waals surface area contributed by atoms with E-state index in [0.29, 0.717) is 0 Å². The second kappa shape index (κ2) is 7.90. The van der Waals surface area contributed by atoms with Crippen LogP contribution in [0.5, 0.6) is 0 Å².